The minimum atomic E-state index is 0.150. The van der Waals surface area contributed by atoms with E-state index in [4.69, 9.17) is 5.73 Å². The van der Waals surface area contributed by atoms with Gasteiger partial charge in [-0.1, -0.05) is 43.2 Å². The first kappa shape index (κ1) is 11.3. The zero-order chi connectivity index (χ0) is 12.4. The van der Waals surface area contributed by atoms with Crippen LogP contribution >= 0.6 is 0 Å². The molecule has 1 aliphatic carbocycles. The quantitative estimate of drug-likeness (QED) is 0.873. The van der Waals surface area contributed by atoms with E-state index >= 15 is 0 Å². The lowest BCUT2D eigenvalue weighted by molar-refractivity contribution is 0.260. The van der Waals surface area contributed by atoms with E-state index in [9.17, 15) is 0 Å². The highest BCUT2D eigenvalue weighted by Gasteiger charge is 2.25. The Morgan fingerprint density at radius 2 is 1.89 bits per heavy atom. The van der Waals surface area contributed by atoms with Gasteiger partial charge >= 0.3 is 0 Å². The van der Waals surface area contributed by atoms with Crippen LogP contribution in [-0.4, -0.2) is 26.2 Å². The summed E-state index contributed by atoms with van der Waals surface area (Å²) in [4.78, 5) is 1.70. The molecular weight excluding hydrogens is 226 g/mol. The van der Waals surface area contributed by atoms with E-state index in [1.165, 1.54) is 12.8 Å². The number of nitrogens with zero attached hydrogens (tertiary/aromatic N) is 4. The Morgan fingerprint density at radius 3 is 2.67 bits per heavy atom. The van der Waals surface area contributed by atoms with Crippen molar-refractivity contribution in [2.45, 2.75) is 37.8 Å². The molecule has 5 nitrogen and oxygen atoms in total. The van der Waals surface area contributed by atoms with E-state index in [0.717, 1.165) is 18.4 Å². The molecule has 3 rings (SSSR count). The second kappa shape index (κ2) is 4.86. The van der Waals surface area contributed by atoms with Gasteiger partial charge in [-0.05, 0) is 18.1 Å². The van der Waals surface area contributed by atoms with Gasteiger partial charge in [0.1, 0.15) is 0 Å². The molecule has 0 radical (unpaired) electrons. The van der Waals surface area contributed by atoms with Crippen LogP contribution in [0.1, 0.15) is 31.7 Å². The van der Waals surface area contributed by atoms with Crippen LogP contribution in [0.5, 0.6) is 0 Å². The number of hydrogen-bond donors (Lipinski definition) is 1. The van der Waals surface area contributed by atoms with Gasteiger partial charge in [0.15, 0.2) is 0 Å². The molecule has 18 heavy (non-hydrogen) atoms. The predicted molar refractivity (Wildman–Crippen MR) is 68.7 cm³/mol. The monoisotopic (exact) mass is 243 g/mol. The molecular formula is C13H17N5. The van der Waals surface area contributed by atoms with Gasteiger partial charge in [0.2, 0.25) is 5.82 Å². The first-order valence-corrected chi connectivity index (χ1v) is 6.45. The van der Waals surface area contributed by atoms with Crippen LogP contribution in [0.3, 0.4) is 0 Å². The van der Waals surface area contributed by atoms with E-state index in [1.807, 2.05) is 30.3 Å². The molecule has 0 unspecified atom stereocenters. The summed E-state index contributed by atoms with van der Waals surface area (Å²) in [6.07, 6.45) is 4.50. The number of nitrogens with two attached hydrogens (primary N) is 1. The van der Waals surface area contributed by atoms with Crippen molar-refractivity contribution in [2.24, 2.45) is 5.73 Å². The van der Waals surface area contributed by atoms with E-state index in [-0.39, 0.29) is 12.1 Å². The fourth-order valence-electron chi connectivity index (χ4n) is 2.50. The normalized spacial score (nSPS) is 24.1. The van der Waals surface area contributed by atoms with Crippen LogP contribution in [0.25, 0.3) is 11.4 Å². The third-order valence-corrected chi connectivity index (χ3v) is 3.54. The Kier molecular flexibility index (Phi) is 3.06. The van der Waals surface area contributed by atoms with Crippen LogP contribution in [0, 0.1) is 0 Å². The molecule has 0 aliphatic heterocycles. The van der Waals surface area contributed by atoms with E-state index in [1.54, 1.807) is 4.80 Å². The highest BCUT2D eigenvalue weighted by atomic mass is 15.6. The fraction of sp³-hybridized carbons (Fsp3) is 0.462. The summed E-state index contributed by atoms with van der Waals surface area (Å²) in [5, 5.41) is 12.8. The lowest BCUT2D eigenvalue weighted by atomic mass is 9.91. The molecule has 0 spiro atoms. The van der Waals surface area contributed by atoms with Crippen molar-refractivity contribution in [1.29, 1.82) is 0 Å². The third kappa shape index (κ3) is 2.13. The summed E-state index contributed by atoms with van der Waals surface area (Å²) in [6.45, 7) is 0. The summed E-state index contributed by atoms with van der Waals surface area (Å²) in [5.74, 6) is 0.674. The number of rotatable bonds is 2. The Hall–Kier alpha value is -1.75. The van der Waals surface area contributed by atoms with Gasteiger partial charge < -0.3 is 5.73 Å². The summed E-state index contributed by atoms with van der Waals surface area (Å²) >= 11 is 0. The molecule has 1 aliphatic rings. The maximum Gasteiger partial charge on any atom is 0.204 e. The molecule has 1 fully saturated rings. The average Bonchev–Trinajstić information content (AvgIpc) is 2.90. The molecule has 0 saturated heterocycles. The van der Waals surface area contributed by atoms with Crippen molar-refractivity contribution in [2.75, 3.05) is 0 Å². The highest BCUT2D eigenvalue weighted by Crippen LogP contribution is 2.26. The molecule has 1 aromatic heterocycles. The van der Waals surface area contributed by atoms with Crippen molar-refractivity contribution < 1.29 is 0 Å². The first-order chi connectivity index (χ1) is 8.84. The molecule has 94 valence electrons. The average molecular weight is 243 g/mol. The van der Waals surface area contributed by atoms with Gasteiger partial charge in [-0.2, -0.15) is 4.80 Å². The molecule has 2 N–H and O–H groups in total. The van der Waals surface area contributed by atoms with Crippen molar-refractivity contribution in [1.82, 2.24) is 20.2 Å². The zero-order valence-electron chi connectivity index (χ0n) is 10.2. The van der Waals surface area contributed by atoms with Crippen molar-refractivity contribution >= 4 is 0 Å². The number of benzene rings is 1. The molecule has 5 heteroatoms. The van der Waals surface area contributed by atoms with Gasteiger partial charge in [-0.15, -0.1) is 10.2 Å². The largest absolute Gasteiger partial charge is 0.326 e. The predicted octanol–water partition coefficient (Wildman–Crippen LogP) is 1.78. The van der Waals surface area contributed by atoms with Crippen LogP contribution in [-0.2, 0) is 0 Å². The maximum absolute atomic E-state index is 6.13. The molecule has 2 aromatic rings. The lowest BCUT2D eigenvalue weighted by Gasteiger charge is -2.26. The summed E-state index contributed by atoms with van der Waals surface area (Å²) < 4.78 is 0. The van der Waals surface area contributed by atoms with Gasteiger partial charge in [-0.25, -0.2) is 0 Å². The lowest BCUT2D eigenvalue weighted by Crippen LogP contribution is -2.36. The smallest absolute Gasteiger partial charge is 0.204 e. The number of aromatic nitrogens is 4. The molecule has 2 atom stereocenters. The van der Waals surface area contributed by atoms with Crippen molar-refractivity contribution in [3.8, 4) is 11.4 Å². The van der Waals surface area contributed by atoms with Gasteiger partial charge in [-0.3, -0.25) is 0 Å². The van der Waals surface area contributed by atoms with Crippen LogP contribution in [0.4, 0.5) is 0 Å². The molecule has 1 heterocycles. The van der Waals surface area contributed by atoms with Gasteiger partial charge in [0, 0.05) is 11.6 Å². The Morgan fingerprint density at radius 1 is 1.11 bits per heavy atom. The molecule has 1 aromatic carbocycles. The van der Waals surface area contributed by atoms with Crippen LogP contribution in [0.15, 0.2) is 30.3 Å². The minimum Gasteiger partial charge on any atom is -0.326 e. The van der Waals surface area contributed by atoms with E-state index in [2.05, 4.69) is 15.4 Å². The molecule has 0 bridgehead atoms. The SMILES string of the molecule is N[C@@H]1CCCC[C@H]1n1nnc(-c2ccccc2)n1. The Labute approximate surface area is 106 Å². The van der Waals surface area contributed by atoms with E-state index in [0.29, 0.717) is 5.82 Å². The summed E-state index contributed by atoms with van der Waals surface area (Å²) in [7, 11) is 0. The van der Waals surface area contributed by atoms with Crippen molar-refractivity contribution in [3.63, 3.8) is 0 Å². The first-order valence-electron chi connectivity index (χ1n) is 6.45. The van der Waals surface area contributed by atoms with Gasteiger partial charge in [0.05, 0.1) is 6.04 Å². The fourth-order valence-corrected chi connectivity index (χ4v) is 2.50. The summed E-state index contributed by atoms with van der Waals surface area (Å²) in [5.41, 5.74) is 7.12. The number of tetrazole rings is 1. The van der Waals surface area contributed by atoms with Crippen LogP contribution in [0.2, 0.25) is 0 Å². The van der Waals surface area contributed by atoms with Crippen LogP contribution < -0.4 is 5.73 Å². The second-order valence-corrected chi connectivity index (χ2v) is 4.82. The zero-order valence-corrected chi connectivity index (χ0v) is 10.2. The minimum absolute atomic E-state index is 0.150. The van der Waals surface area contributed by atoms with Gasteiger partial charge in [0.25, 0.3) is 0 Å². The molecule has 1 saturated carbocycles. The van der Waals surface area contributed by atoms with E-state index < -0.39 is 0 Å². The number of hydrogen-bond acceptors (Lipinski definition) is 4. The third-order valence-electron chi connectivity index (χ3n) is 3.54. The second-order valence-electron chi connectivity index (χ2n) is 4.82. The topological polar surface area (TPSA) is 69.6 Å². The highest BCUT2D eigenvalue weighted by molar-refractivity contribution is 5.52. The Bertz CT molecular complexity index is 507. The standard InChI is InChI=1S/C13H17N5/c14-11-8-4-5-9-12(11)18-16-13(15-17-18)10-6-2-1-3-7-10/h1-3,6-7,11-12H,4-5,8-9,14H2/t11-,12-/m1/s1. The summed E-state index contributed by atoms with van der Waals surface area (Å²) in [6, 6.07) is 10.3. The van der Waals surface area contributed by atoms with Crippen molar-refractivity contribution in [3.05, 3.63) is 30.3 Å². The molecule has 0 amide bonds. The maximum atomic E-state index is 6.13. The Balaban J connectivity index is 1.85.